The number of carbonyl (C=O) groups is 2. The van der Waals surface area contributed by atoms with Crippen molar-refractivity contribution in [3.8, 4) is 0 Å². The maximum absolute atomic E-state index is 11.2. The number of unbranched alkanes of at least 4 members (excludes halogenated alkanes) is 7. The first-order valence-electron chi connectivity index (χ1n) is 9.72. The normalized spacial score (nSPS) is 29.8. The topological polar surface area (TPSA) is 52.6 Å². The van der Waals surface area contributed by atoms with Crippen LogP contribution < -0.4 is 0 Å². The maximum atomic E-state index is 11.2. The zero-order valence-electron chi connectivity index (χ0n) is 15.5. The molecule has 0 unspecified atom stereocenters. The van der Waals surface area contributed by atoms with Crippen molar-refractivity contribution >= 4 is 11.9 Å². The third-order valence-electron chi connectivity index (χ3n) is 5.62. The third kappa shape index (κ3) is 6.45. The fraction of sp³-hybridized carbons (Fsp3) is 0.900. The van der Waals surface area contributed by atoms with Gasteiger partial charge in [0.1, 0.15) is 0 Å². The second-order valence-corrected chi connectivity index (χ2v) is 8.62. The highest BCUT2D eigenvalue weighted by Gasteiger charge is 2.35. The van der Waals surface area contributed by atoms with Crippen LogP contribution in [0.4, 0.5) is 0 Å². The largest absolute Gasteiger partial charge is 0.465 e. The van der Waals surface area contributed by atoms with Crippen molar-refractivity contribution in [1.82, 2.24) is 0 Å². The molecule has 24 heavy (non-hydrogen) atoms. The second-order valence-electron chi connectivity index (χ2n) is 8.62. The lowest BCUT2D eigenvalue weighted by molar-refractivity contribution is -0.138. The molecule has 0 saturated carbocycles. The number of ether oxygens (including phenoxy) is 2. The molecule has 0 aliphatic carbocycles. The maximum Gasteiger partial charge on any atom is 0.306 e. The number of esters is 2. The molecule has 2 atom stereocenters. The van der Waals surface area contributed by atoms with Crippen LogP contribution in [0.2, 0.25) is 0 Å². The Labute approximate surface area is 146 Å². The van der Waals surface area contributed by atoms with E-state index in [0.29, 0.717) is 26.1 Å². The number of hydrogen-bond acceptors (Lipinski definition) is 4. The number of hydrogen-bond donors (Lipinski definition) is 0. The first kappa shape index (κ1) is 19.3. The van der Waals surface area contributed by atoms with E-state index in [0.717, 1.165) is 12.8 Å². The van der Waals surface area contributed by atoms with Gasteiger partial charge in [0.05, 0.1) is 26.1 Å². The third-order valence-corrected chi connectivity index (χ3v) is 5.62. The summed E-state index contributed by atoms with van der Waals surface area (Å²) in [5.74, 6) is -0.0558. The van der Waals surface area contributed by atoms with Gasteiger partial charge in [0.25, 0.3) is 0 Å². The Hall–Kier alpha value is -1.06. The van der Waals surface area contributed by atoms with Gasteiger partial charge in [0.15, 0.2) is 0 Å². The van der Waals surface area contributed by atoms with Crippen molar-refractivity contribution < 1.29 is 19.1 Å². The van der Waals surface area contributed by atoms with Crippen molar-refractivity contribution in [2.24, 2.45) is 10.8 Å². The number of rotatable bonds is 11. The Balaban J connectivity index is 1.38. The predicted molar refractivity (Wildman–Crippen MR) is 93.5 cm³/mol. The van der Waals surface area contributed by atoms with Gasteiger partial charge in [-0.1, -0.05) is 65.2 Å². The minimum Gasteiger partial charge on any atom is -0.465 e. The summed E-state index contributed by atoms with van der Waals surface area (Å²) in [7, 11) is 0. The molecule has 4 nitrogen and oxygen atoms in total. The van der Waals surface area contributed by atoms with Crippen molar-refractivity contribution in [1.29, 1.82) is 0 Å². The summed E-state index contributed by atoms with van der Waals surface area (Å²) in [6.07, 6.45) is 13.6. The van der Waals surface area contributed by atoms with E-state index in [4.69, 9.17) is 9.47 Å². The Bertz CT molecular complexity index is 393. The Kier molecular flexibility index (Phi) is 7.12. The molecule has 2 aliphatic rings. The monoisotopic (exact) mass is 338 g/mol. The van der Waals surface area contributed by atoms with Crippen LogP contribution in [0.15, 0.2) is 0 Å². The second kappa shape index (κ2) is 8.87. The SMILES string of the molecule is C[C@@]1(CCCCCCCCCC[C@]2(C)COC(=O)C2)COC(=O)C1. The molecular weight excluding hydrogens is 304 g/mol. The number of cyclic esters (lactones) is 2. The minimum absolute atomic E-state index is 0.0279. The molecule has 0 bridgehead atoms. The summed E-state index contributed by atoms with van der Waals surface area (Å²) in [6, 6.07) is 0. The minimum atomic E-state index is -0.0279. The van der Waals surface area contributed by atoms with Gasteiger partial charge in [0.2, 0.25) is 0 Å². The lowest BCUT2D eigenvalue weighted by Crippen LogP contribution is -2.15. The van der Waals surface area contributed by atoms with E-state index < -0.39 is 0 Å². The average Bonchev–Trinajstić information content (AvgIpc) is 3.04. The summed E-state index contributed by atoms with van der Waals surface area (Å²) in [6.45, 7) is 5.56. The zero-order chi connectivity index (χ0) is 17.5. The molecule has 0 amide bonds. The van der Waals surface area contributed by atoms with Crippen molar-refractivity contribution in [3.63, 3.8) is 0 Å². The standard InChI is InChI=1S/C20H34O4/c1-19(13-17(21)23-15-19)11-9-7-5-3-4-6-8-10-12-20(2)14-18(22)24-16-20/h3-16H2,1-2H3/t19-,20-/m0/s1. The van der Waals surface area contributed by atoms with E-state index in [-0.39, 0.29) is 22.8 Å². The molecule has 2 rings (SSSR count). The van der Waals surface area contributed by atoms with E-state index in [2.05, 4.69) is 13.8 Å². The zero-order valence-corrected chi connectivity index (χ0v) is 15.5. The molecule has 2 heterocycles. The molecule has 2 aliphatic heterocycles. The van der Waals surface area contributed by atoms with Crippen molar-refractivity contribution in [3.05, 3.63) is 0 Å². The van der Waals surface area contributed by atoms with Crippen LogP contribution >= 0.6 is 0 Å². The Morgan fingerprint density at radius 2 is 1.00 bits per heavy atom. The molecule has 0 aromatic heterocycles. The van der Waals surface area contributed by atoms with Crippen molar-refractivity contribution in [2.45, 2.75) is 90.9 Å². The Morgan fingerprint density at radius 1 is 0.667 bits per heavy atom. The van der Waals surface area contributed by atoms with Crippen LogP contribution in [-0.2, 0) is 19.1 Å². The lowest BCUT2D eigenvalue weighted by atomic mass is 9.83. The highest BCUT2D eigenvalue weighted by molar-refractivity contribution is 5.72. The highest BCUT2D eigenvalue weighted by atomic mass is 16.5. The van der Waals surface area contributed by atoms with Crippen LogP contribution in [0.25, 0.3) is 0 Å². The van der Waals surface area contributed by atoms with Gasteiger partial charge in [0, 0.05) is 10.8 Å². The molecule has 0 spiro atoms. The Morgan fingerprint density at radius 3 is 1.29 bits per heavy atom. The molecule has 0 aromatic carbocycles. The smallest absolute Gasteiger partial charge is 0.306 e. The van der Waals surface area contributed by atoms with E-state index in [1.807, 2.05) is 0 Å². The van der Waals surface area contributed by atoms with Gasteiger partial charge in [-0.05, 0) is 12.8 Å². The van der Waals surface area contributed by atoms with Gasteiger partial charge in [-0.25, -0.2) is 0 Å². The van der Waals surface area contributed by atoms with Crippen LogP contribution in [0.5, 0.6) is 0 Å². The predicted octanol–water partition coefficient (Wildman–Crippen LogP) is 4.79. The summed E-state index contributed by atoms with van der Waals surface area (Å²) in [5, 5.41) is 0. The van der Waals surface area contributed by atoms with E-state index >= 15 is 0 Å². The van der Waals surface area contributed by atoms with Gasteiger partial charge in [-0.15, -0.1) is 0 Å². The quantitative estimate of drug-likeness (QED) is 0.401. The number of carbonyl (C=O) groups excluding carboxylic acids is 2. The van der Waals surface area contributed by atoms with Gasteiger partial charge < -0.3 is 9.47 Å². The summed E-state index contributed by atoms with van der Waals surface area (Å²) >= 11 is 0. The van der Waals surface area contributed by atoms with E-state index in [9.17, 15) is 9.59 Å². The average molecular weight is 338 g/mol. The molecule has 138 valence electrons. The molecule has 4 heteroatoms. The van der Waals surface area contributed by atoms with Crippen LogP contribution in [0.1, 0.15) is 90.9 Å². The van der Waals surface area contributed by atoms with Crippen LogP contribution in [0, 0.1) is 10.8 Å². The summed E-state index contributed by atoms with van der Waals surface area (Å²) in [4.78, 5) is 22.4. The lowest BCUT2D eigenvalue weighted by Gasteiger charge is -2.19. The summed E-state index contributed by atoms with van der Waals surface area (Å²) < 4.78 is 10.2. The molecule has 0 N–H and O–H groups in total. The van der Waals surface area contributed by atoms with Crippen LogP contribution in [-0.4, -0.2) is 25.2 Å². The first-order valence-corrected chi connectivity index (χ1v) is 9.72. The molecule has 2 fully saturated rings. The fourth-order valence-electron chi connectivity index (χ4n) is 3.90. The van der Waals surface area contributed by atoms with Gasteiger partial charge >= 0.3 is 11.9 Å². The van der Waals surface area contributed by atoms with Gasteiger partial charge in [-0.3, -0.25) is 9.59 Å². The first-order chi connectivity index (χ1) is 11.4. The molecular formula is C20H34O4. The fourth-order valence-corrected chi connectivity index (χ4v) is 3.90. The van der Waals surface area contributed by atoms with E-state index in [1.165, 1.54) is 51.4 Å². The molecule has 0 aromatic rings. The van der Waals surface area contributed by atoms with E-state index in [1.54, 1.807) is 0 Å². The van der Waals surface area contributed by atoms with Crippen molar-refractivity contribution in [2.75, 3.05) is 13.2 Å². The highest BCUT2D eigenvalue weighted by Crippen LogP contribution is 2.35. The van der Waals surface area contributed by atoms with Gasteiger partial charge in [-0.2, -0.15) is 0 Å². The molecule has 2 saturated heterocycles. The molecule has 0 radical (unpaired) electrons. The van der Waals surface area contributed by atoms with Crippen LogP contribution in [0.3, 0.4) is 0 Å². The summed E-state index contributed by atoms with van der Waals surface area (Å²) in [5.41, 5.74) is 0.192.